The molecule has 0 saturated heterocycles. The molecule has 1 N–H and O–H groups in total. The van der Waals surface area contributed by atoms with E-state index in [1.165, 1.54) is 10.7 Å². The van der Waals surface area contributed by atoms with Gasteiger partial charge in [-0.2, -0.15) is 5.10 Å². The molecule has 3 rings (SSSR count). The summed E-state index contributed by atoms with van der Waals surface area (Å²) in [5, 5.41) is 4.40. The van der Waals surface area contributed by atoms with E-state index in [1.807, 2.05) is 51.1 Å². The summed E-state index contributed by atoms with van der Waals surface area (Å²) in [4.78, 5) is 12.4. The number of hydrogen-bond acceptors (Lipinski definition) is 6. The molecule has 0 atom stereocenters. The third-order valence-electron chi connectivity index (χ3n) is 5.17. The van der Waals surface area contributed by atoms with Crippen LogP contribution in [0.2, 0.25) is 0 Å². The average molecular weight is 486 g/mol. The summed E-state index contributed by atoms with van der Waals surface area (Å²) < 4.78 is 40.9. The van der Waals surface area contributed by atoms with Crippen LogP contribution in [0.4, 0.5) is 0 Å². The lowest BCUT2D eigenvalue weighted by molar-refractivity contribution is 0.330. The molecule has 34 heavy (non-hydrogen) atoms. The van der Waals surface area contributed by atoms with Crippen LogP contribution in [0.1, 0.15) is 39.2 Å². The Morgan fingerprint density at radius 3 is 2.32 bits per heavy atom. The molecule has 0 aliphatic heterocycles. The van der Waals surface area contributed by atoms with Crippen molar-refractivity contribution in [3.05, 3.63) is 70.5 Å². The van der Waals surface area contributed by atoms with Gasteiger partial charge in [-0.3, -0.25) is 4.79 Å². The molecule has 3 aromatic rings. The van der Waals surface area contributed by atoms with E-state index in [2.05, 4.69) is 9.82 Å². The molecule has 0 aliphatic rings. The van der Waals surface area contributed by atoms with Gasteiger partial charge in [-0.05, 0) is 67.8 Å². The maximum atomic E-state index is 13.0. The maximum absolute atomic E-state index is 13.0. The van der Waals surface area contributed by atoms with E-state index < -0.39 is 10.0 Å². The largest absolute Gasteiger partial charge is 0.494 e. The van der Waals surface area contributed by atoms with Crippen molar-refractivity contribution in [3.8, 4) is 22.8 Å². The van der Waals surface area contributed by atoms with Gasteiger partial charge in [-0.15, -0.1) is 0 Å². The highest BCUT2D eigenvalue weighted by molar-refractivity contribution is 7.89. The Hall–Kier alpha value is -3.17. The van der Waals surface area contributed by atoms with Crippen LogP contribution < -0.4 is 19.8 Å². The van der Waals surface area contributed by atoms with Crippen LogP contribution in [0.25, 0.3) is 11.3 Å². The Morgan fingerprint density at radius 2 is 1.68 bits per heavy atom. The SMILES string of the molecule is CCOc1ccc(-c2ccc(=O)n(CCNS(=O)(=O)c3cc(C(C)C)ccc3OCC)n2)cc1. The van der Waals surface area contributed by atoms with Crippen molar-refractivity contribution >= 4 is 10.0 Å². The summed E-state index contributed by atoms with van der Waals surface area (Å²) in [6.07, 6.45) is 0. The first kappa shape index (κ1) is 25.5. The quantitative estimate of drug-likeness (QED) is 0.443. The number of nitrogens with zero attached hydrogens (tertiary/aromatic N) is 2. The van der Waals surface area contributed by atoms with Gasteiger partial charge >= 0.3 is 0 Å². The third-order valence-corrected chi connectivity index (χ3v) is 6.65. The number of rotatable bonds is 11. The zero-order chi connectivity index (χ0) is 24.7. The number of ether oxygens (including phenoxy) is 2. The van der Waals surface area contributed by atoms with E-state index in [0.29, 0.717) is 24.7 Å². The monoisotopic (exact) mass is 485 g/mol. The molecule has 1 aromatic heterocycles. The predicted octanol–water partition coefficient (Wildman–Crippen LogP) is 3.81. The Morgan fingerprint density at radius 1 is 0.971 bits per heavy atom. The lowest BCUT2D eigenvalue weighted by Gasteiger charge is -2.15. The van der Waals surface area contributed by atoms with Gasteiger partial charge in [-0.1, -0.05) is 19.9 Å². The summed E-state index contributed by atoms with van der Waals surface area (Å²) in [6, 6.07) is 15.6. The van der Waals surface area contributed by atoms with E-state index in [-0.39, 0.29) is 29.5 Å². The van der Waals surface area contributed by atoms with Crippen molar-refractivity contribution < 1.29 is 17.9 Å². The molecule has 0 unspecified atom stereocenters. The van der Waals surface area contributed by atoms with Crippen LogP contribution in [-0.2, 0) is 16.6 Å². The predicted molar refractivity (Wildman–Crippen MR) is 132 cm³/mol. The molecule has 0 amide bonds. The topological polar surface area (TPSA) is 99.5 Å². The van der Waals surface area contributed by atoms with Crippen molar-refractivity contribution in [1.29, 1.82) is 0 Å². The smallest absolute Gasteiger partial charge is 0.266 e. The van der Waals surface area contributed by atoms with Crippen molar-refractivity contribution in [1.82, 2.24) is 14.5 Å². The molecule has 0 radical (unpaired) electrons. The molecule has 182 valence electrons. The molecule has 1 heterocycles. The standard InChI is InChI=1S/C25H31N3O5S/c1-5-32-21-10-7-19(8-11-21)22-12-14-25(29)28(27-22)16-15-26-34(30,31)24-17-20(18(3)4)9-13-23(24)33-6-2/h7-14,17-18,26H,5-6,15-16H2,1-4H3. The highest BCUT2D eigenvalue weighted by Crippen LogP contribution is 2.28. The summed E-state index contributed by atoms with van der Waals surface area (Å²) in [5.41, 5.74) is 2.01. The second-order valence-corrected chi connectivity index (χ2v) is 9.66. The molecular formula is C25H31N3O5S. The van der Waals surface area contributed by atoms with Gasteiger partial charge in [0.1, 0.15) is 16.4 Å². The van der Waals surface area contributed by atoms with Gasteiger partial charge in [0, 0.05) is 18.2 Å². The van der Waals surface area contributed by atoms with Crippen LogP contribution in [0.3, 0.4) is 0 Å². The van der Waals surface area contributed by atoms with Crippen LogP contribution in [-0.4, -0.2) is 38.0 Å². The first-order valence-corrected chi connectivity index (χ1v) is 12.8. The van der Waals surface area contributed by atoms with Crippen molar-refractivity contribution in [2.24, 2.45) is 0 Å². The lowest BCUT2D eigenvalue weighted by Crippen LogP contribution is -2.32. The molecule has 9 heteroatoms. The minimum atomic E-state index is -3.86. The number of nitrogens with one attached hydrogen (secondary N) is 1. The number of benzene rings is 2. The van der Waals surface area contributed by atoms with E-state index in [9.17, 15) is 13.2 Å². The minimum Gasteiger partial charge on any atom is -0.494 e. The van der Waals surface area contributed by atoms with Gasteiger partial charge < -0.3 is 9.47 Å². The molecule has 2 aromatic carbocycles. The van der Waals surface area contributed by atoms with Crippen molar-refractivity contribution in [2.75, 3.05) is 19.8 Å². The lowest BCUT2D eigenvalue weighted by atomic mass is 10.0. The van der Waals surface area contributed by atoms with Crippen LogP contribution in [0.5, 0.6) is 11.5 Å². The average Bonchev–Trinajstić information content (AvgIpc) is 2.81. The van der Waals surface area contributed by atoms with E-state index in [1.54, 1.807) is 25.1 Å². The molecule has 0 aliphatic carbocycles. The molecule has 8 nitrogen and oxygen atoms in total. The van der Waals surface area contributed by atoms with Crippen LogP contribution >= 0.6 is 0 Å². The second kappa shape index (κ2) is 11.3. The Labute approximate surface area is 200 Å². The van der Waals surface area contributed by atoms with Crippen molar-refractivity contribution in [3.63, 3.8) is 0 Å². The first-order chi connectivity index (χ1) is 16.2. The van der Waals surface area contributed by atoms with Gasteiger partial charge in [0.15, 0.2) is 0 Å². The van der Waals surface area contributed by atoms with E-state index >= 15 is 0 Å². The van der Waals surface area contributed by atoms with Crippen LogP contribution in [0.15, 0.2) is 64.3 Å². The molecular weight excluding hydrogens is 454 g/mol. The van der Waals surface area contributed by atoms with E-state index in [4.69, 9.17) is 9.47 Å². The zero-order valence-electron chi connectivity index (χ0n) is 19.9. The van der Waals surface area contributed by atoms with Crippen molar-refractivity contribution in [2.45, 2.75) is 45.1 Å². The summed E-state index contributed by atoms with van der Waals surface area (Å²) in [5.74, 6) is 1.21. The van der Waals surface area contributed by atoms with Gasteiger partial charge in [0.25, 0.3) is 5.56 Å². The normalized spacial score (nSPS) is 11.6. The third kappa shape index (κ3) is 6.24. The van der Waals surface area contributed by atoms with Crippen LogP contribution in [0, 0.1) is 0 Å². The molecule has 0 bridgehead atoms. The molecule has 0 saturated carbocycles. The zero-order valence-corrected chi connectivity index (χ0v) is 20.8. The number of aromatic nitrogens is 2. The van der Waals surface area contributed by atoms with Gasteiger partial charge in [0.2, 0.25) is 10.0 Å². The summed E-state index contributed by atoms with van der Waals surface area (Å²) >= 11 is 0. The Bertz CT molecular complexity index is 1270. The molecule has 0 spiro atoms. The summed E-state index contributed by atoms with van der Waals surface area (Å²) in [6.45, 7) is 8.71. The fourth-order valence-corrected chi connectivity index (χ4v) is 4.58. The fourth-order valence-electron chi connectivity index (χ4n) is 3.38. The fraction of sp³-hybridized carbons (Fsp3) is 0.360. The minimum absolute atomic E-state index is 0.000553. The first-order valence-electron chi connectivity index (χ1n) is 11.3. The highest BCUT2D eigenvalue weighted by Gasteiger charge is 2.21. The Kier molecular flexibility index (Phi) is 8.46. The van der Waals surface area contributed by atoms with Gasteiger partial charge in [-0.25, -0.2) is 17.8 Å². The number of sulfonamides is 1. The summed E-state index contributed by atoms with van der Waals surface area (Å²) in [7, 11) is -3.86. The maximum Gasteiger partial charge on any atom is 0.266 e. The molecule has 0 fully saturated rings. The highest BCUT2D eigenvalue weighted by atomic mass is 32.2. The van der Waals surface area contributed by atoms with E-state index in [0.717, 1.165) is 16.9 Å². The number of hydrogen-bond donors (Lipinski definition) is 1. The Balaban J connectivity index is 1.76. The van der Waals surface area contributed by atoms with Gasteiger partial charge in [0.05, 0.1) is 25.5 Å². The second-order valence-electron chi connectivity index (χ2n) is 7.93.